The minimum atomic E-state index is -0.814. The summed E-state index contributed by atoms with van der Waals surface area (Å²) in [6, 6.07) is 0. The Morgan fingerprint density at radius 2 is 2.00 bits per heavy atom. The number of nitrogens with two attached hydrogens (primary N) is 1. The number of esters is 1. The largest absolute Gasteiger partial charge is 0.441 e. The predicted molar refractivity (Wildman–Crippen MR) is 48.9 cm³/mol. The number of Topliss-reactive ketones (excluding diaryl/α,β-unsaturated/α-hetero) is 1. The number of ether oxygens (including phenoxy) is 1. The molecule has 0 heterocycles. The van der Waals surface area contributed by atoms with Gasteiger partial charge >= 0.3 is 5.97 Å². The smallest absolute Gasteiger partial charge is 0.376 e. The van der Waals surface area contributed by atoms with Crippen molar-refractivity contribution in [1.29, 1.82) is 0 Å². The molecule has 0 aromatic carbocycles. The van der Waals surface area contributed by atoms with Crippen molar-refractivity contribution < 1.29 is 14.3 Å². The van der Waals surface area contributed by atoms with Crippen LogP contribution in [0.2, 0.25) is 0 Å². The summed E-state index contributed by atoms with van der Waals surface area (Å²) < 4.78 is 4.53. The zero-order valence-corrected chi connectivity index (χ0v) is 8.21. The van der Waals surface area contributed by atoms with Crippen molar-refractivity contribution in [2.24, 2.45) is 5.73 Å². The van der Waals surface area contributed by atoms with Crippen LogP contribution in [0.1, 0.15) is 39.5 Å². The standard InChI is InChI=1S/C9H17NO3/c1-3-4-5-6-8(11)9(12)13-7(2)10/h7H,3-6,10H2,1-2H3. The Kier molecular flexibility index (Phi) is 6.14. The highest BCUT2D eigenvalue weighted by atomic mass is 16.6. The molecule has 0 aliphatic heterocycles. The van der Waals surface area contributed by atoms with E-state index in [9.17, 15) is 9.59 Å². The second-order valence-corrected chi connectivity index (χ2v) is 2.99. The van der Waals surface area contributed by atoms with Crippen LogP contribution in [0.5, 0.6) is 0 Å². The zero-order chi connectivity index (χ0) is 10.3. The number of unbranched alkanes of at least 4 members (excludes halogenated alkanes) is 2. The van der Waals surface area contributed by atoms with Crippen molar-refractivity contribution >= 4 is 11.8 Å². The molecule has 0 aliphatic rings. The van der Waals surface area contributed by atoms with Gasteiger partial charge in [0.1, 0.15) is 6.23 Å². The third-order valence-corrected chi connectivity index (χ3v) is 1.53. The quantitative estimate of drug-likeness (QED) is 0.291. The van der Waals surface area contributed by atoms with Crippen LogP contribution in [0, 0.1) is 0 Å². The van der Waals surface area contributed by atoms with Gasteiger partial charge in [0.2, 0.25) is 5.78 Å². The Bertz CT molecular complexity index is 178. The third-order valence-electron chi connectivity index (χ3n) is 1.53. The number of hydrogen-bond donors (Lipinski definition) is 1. The minimum Gasteiger partial charge on any atom is -0.441 e. The topological polar surface area (TPSA) is 69.4 Å². The van der Waals surface area contributed by atoms with Crippen molar-refractivity contribution in [3.8, 4) is 0 Å². The van der Waals surface area contributed by atoms with Gasteiger partial charge < -0.3 is 4.74 Å². The van der Waals surface area contributed by atoms with Gasteiger partial charge in [-0.15, -0.1) is 0 Å². The van der Waals surface area contributed by atoms with Crippen LogP contribution in [0.4, 0.5) is 0 Å². The van der Waals surface area contributed by atoms with Gasteiger partial charge in [-0.1, -0.05) is 19.8 Å². The Hall–Kier alpha value is -0.900. The van der Waals surface area contributed by atoms with Crippen LogP contribution in [0.3, 0.4) is 0 Å². The molecule has 13 heavy (non-hydrogen) atoms. The SMILES string of the molecule is CCCCCC(=O)C(=O)OC(C)N. The van der Waals surface area contributed by atoms with Crippen LogP contribution in [-0.4, -0.2) is 18.0 Å². The monoisotopic (exact) mass is 187 g/mol. The van der Waals surface area contributed by atoms with Crippen molar-refractivity contribution in [2.45, 2.75) is 45.8 Å². The van der Waals surface area contributed by atoms with E-state index in [1.165, 1.54) is 6.92 Å². The Labute approximate surface area is 78.4 Å². The molecule has 4 heteroatoms. The maximum atomic E-state index is 11.0. The van der Waals surface area contributed by atoms with E-state index < -0.39 is 18.0 Å². The fourth-order valence-corrected chi connectivity index (χ4v) is 0.872. The first-order valence-electron chi connectivity index (χ1n) is 4.57. The van der Waals surface area contributed by atoms with Gasteiger partial charge in [0, 0.05) is 6.42 Å². The summed E-state index contributed by atoms with van der Waals surface area (Å²) in [5, 5.41) is 0. The lowest BCUT2D eigenvalue weighted by molar-refractivity contribution is -0.157. The summed E-state index contributed by atoms with van der Waals surface area (Å²) in [5.74, 6) is -1.29. The van der Waals surface area contributed by atoms with Gasteiger partial charge in [-0.2, -0.15) is 0 Å². The van der Waals surface area contributed by atoms with E-state index in [1.54, 1.807) is 0 Å². The van der Waals surface area contributed by atoms with E-state index in [4.69, 9.17) is 5.73 Å². The molecule has 2 N–H and O–H groups in total. The average molecular weight is 187 g/mol. The van der Waals surface area contributed by atoms with Crippen molar-refractivity contribution in [1.82, 2.24) is 0 Å². The number of carbonyl (C=O) groups is 2. The Morgan fingerprint density at radius 3 is 2.46 bits per heavy atom. The van der Waals surface area contributed by atoms with Gasteiger partial charge in [0.15, 0.2) is 0 Å². The second-order valence-electron chi connectivity index (χ2n) is 2.99. The van der Waals surface area contributed by atoms with Crippen LogP contribution in [-0.2, 0) is 14.3 Å². The van der Waals surface area contributed by atoms with Gasteiger partial charge in [0.05, 0.1) is 0 Å². The first-order valence-corrected chi connectivity index (χ1v) is 4.57. The summed E-state index contributed by atoms with van der Waals surface area (Å²) in [5.41, 5.74) is 5.19. The normalized spacial score (nSPS) is 12.2. The first-order chi connectivity index (χ1) is 6.07. The van der Waals surface area contributed by atoms with Gasteiger partial charge in [-0.05, 0) is 13.3 Å². The fourth-order valence-electron chi connectivity index (χ4n) is 0.872. The highest BCUT2D eigenvalue weighted by molar-refractivity contribution is 6.33. The maximum absolute atomic E-state index is 11.0. The lowest BCUT2D eigenvalue weighted by Crippen LogP contribution is -2.28. The number of hydrogen-bond acceptors (Lipinski definition) is 4. The molecule has 0 spiro atoms. The lowest BCUT2D eigenvalue weighted by atomic mass is 10.1. The summed E-state index contributed by atoms with van der Waals surface area (Å²) in [6.07, 6.45) is 2.28. The highest BCUT2D eigenvalue weighted by Crippen LogP contribution is 2.01. The molecule has 1 unspecified atom stereocenters. The van der Waals surface area contributed by atoms with Crippen LogP contribution < -0.4 is 5.73 Å². The van der Waals surface area contributed by atoms with Gasteiger partial charge in [-0.3, -0.25) is 10.5 Å². The Morgan fingerprint density at radius 1 is 1.38 bits per heavy atom. The minimum absolute atomic E-state index is 0.263. The molecule has 76 valence electrons. The number of carbonyl (C=O) groups excluding carboxylic acids is 2. The molecule has 0 rings (SSSR count). The van der Waals surface area contributed by atoms with Crippen molar-refractivity contribution in [2.75, 3.05) is 0 Å². The molecule has 0 saturated carbocycles. The average Bonchev–Trinajstić information content (AvgIpc) is 2.03. The zero-order valence-electron chi connectivity index (χ0n) is 8.21. The third kappa shape index (κ3) is 6.28. The predicted octanol–water partition coefficient (Wildman–Crippen LogP) is 0.984. The molecule has 0 bridgehead atoms. The molecule has 1 atom stereocenters. The molecular weight excluding hydrogens is 170 g/mol. The molecule has 0 aliphatic carbocycles. The molecule has 0 radical (unpaired) electrons. The molecular formula is C9H17NO3. The van der Waals surface area contributed by atoms with E-state index in [1.807, 2.05) is 6.92 Å². The summed E-state index contributed by atoms with van der Waals surface area (Å²) in [4.78, 5) is 21.9. The van der Waals surface area contributed by atoms with E-state index in [2.05, 4.69) is 4.74 Å². The molecule has 0 aromatic heterocycles. The van der Waals surface area contributed by atoms with Crippen molar-refractivity contribution in [3.05, 3.63) is 0 Å². The van der Waals surface area contributed by atoms with Gasteiger partial charge in [-0.25, -0.2) is 4.79 Å². The first kappa shape index (κ1) is 12.1. The van der Waals surface area contributed by atoms with Crippen molar-refractivity contribution in [3.63, 3.8) is 0 Å². The van der Waals surface area contributed by atoms with E-state index >= 15 is 0 Å². The highest BCUT2D eigenvalue weighted by Gasteiger charge is 2.15. The summed E-state index contributed by atoms with van der Waals surface area (Å²) >= 11 is 0. The van der Waals surface area contributed by atoms with Crippen LogP contribution in [0.15, 0.2) is 0 Å². The molecule has 4 nitrogen and oxygen atoms in total. The molecule has 0 amide bonds. The Balaban J connectivity index is 3.64. The lowest BCUT2D eigenvalue weighted by Gasteiger charge is -2.06. The number of ketones is 1. The molecule has 0 aromatic rings. The van der Waals surface area contributed by atoms with Crippen LogP contribution in [0.25, 0.3) is 0 Å². The van der Waals surface area contributed by atoms with E-state index in [-0.39, 0.29) is 6.42 Å². The van der Waals surface area contributed by atoms with E-state index in [0.29, 0.717) is 0 Å². The second kappa shape index (κ2) is 6.60. The summed E-state index contributed by atoms with van der Waals surface area (Å²) in [6.45, 7) is 3.54. The maximum Gasteiger partial charge on any atom is 0.376 e. The molecule has 0 saturated heterocycles. The van der Waals surface area contributed by atoms with E-state index in [0.717, 1.165) is 19.3 Å². The number of rotatable bonds is 6. The summed E-state index contributed by atoms with van der Waals surface area (Å²) in [7, 11) is 0. The van der Waals surface area contributed by atoms with Gasteiger partial charge in [0.25, 0.3) is 0 Å². The molecule has 0 fully saturated rings. The van der Waals surface area contributed by atoms with Crippen LogP contribution >= 0.6 is 0 Å². The fraction of sp³-hybridized carbons (Fsp3) is 0.778.